The summed E-state index contributed by atoms with van der Waals surface area (Å²) in [6.45, 7) is 8.02. The van der Waals surface area contributed by atoms with E-state index in [-0.39, 0.29) is 11.8 Å². The van der Waals surface area contributed by atoms with Gasteiger partial charge in [0.25, 0.3) is 11.8 Å². The van der Waals surface area contributed by atoms with Gasteiger partial charge < -0.3 is 4.74 Å². The Labute approximate surface area is 229 Å². The smallest absolute Gasteiger partial charge is 0.256 e. The Morgan fingerprint density at radius 1 is 0.718 bits per heavy atom. The maximum Gasteiger partial charge on any atom is 0.256 e. The minimum Gasteiger partial charge on any atom is -0.496 e. The van der Waals surface area contributed by atoms with Crippen LogP contribution in [0.25, 0.3) is 0 Å². The number of carbonyl (C=O) groups excluding carboxylic acids is 2. The molecule has 0 bridgehead atoms. The summed E-state index contributed by atoms with van der Waals surface area (Å²) < 4.78 is 5.77. The molecule has 0 radical (unpaired) electrons. The average molecular weight is 523 g/mol. The molecule has 7 heteroatoms. The monoisotopic (exact) mass is 522 g/mol. The standard InChI is InChI=1S/C32H34N4O3/c1-6-25-29(31(37)35(33-25)22-16-12-20(3)13-17-22)28(24-10-8-9-11-27(24)39-5)30-26(7-2)34-36(32(30)38)23-18-14-21(4)15-19-23/h8-19,28-30H,6-7H2,1-5H3. The molecule has 2 amide bonds. The lowest BCUT2D eigenvalue weighted by atomic mass is 9.71. The summed E-state index contributed by atoms with van der Waals surface area (Å²) in [7, 11) is 1.61. The zero-order valence-electron chi connectivity index (χ0n) is 23.1. The molecule has 2 unspecified atom stereocenters. The van der Waals surface area contributed by atoms with Gasteiger partial charge in [0.1, 0.15) is 5.75 Å². The highest BCUT2D eigenvalue weighted by Gasteiger charge is 2.51. The molecule has 3 aromatic rings. The first-order chi connectivity index (χ1) is 18.9. The lowest BCUT2D eigenvalue weighted by molar-refractivity contribution is -0.122. The number of rotatable bonds is 8. The molecule has 3 aromatic carbocycles. The second kappa shape index (κ2) is 10.8. The molecule has 0 saturated carbocycles. The molecule has 200 valence electrons. The third kappa shape index (κ3) is 4.73. The van der Waals surface area contributed by atoms with Crippen LogP contribution in [0, 0.1) is 25.7 Å². The molecule has 0 N–H and O–H groups in total. The Balaban J connectivity index is 1.63. The number of ether oxygens (including phenoxy) is 1. The van der Waals surface area contributed by atoms with E-state index in [1.165, 1.54) is 10.0 Å². The molecule has 2 aliphatic heterocycles. The number of para-hydroxylation sites is 1. The highest BCUT2D eigenvalue weighted by molar-refractivity contribution is 6.20. The van der Waals surface area contributed by atoms with E-state index in [1.54, 1.807) is 7.11 Å². The fourth-order valence-corrected chi connectivity index (χ4v) is 5.57. The highest BCUT2D eigenvalue weighted by Crippen LogP contribution is 2.46. The van der Waals surface area contributed by atoms with Crippen molar-refractivity contribution in [2.24, 2.45) is 22.0 Å². The third-order valence-corrected chi connectivity index (χ3v) is 7.62. The maximum absolute atomic E-state index is 14.2. The van der Waals surface area contributed by atoms with Gasteiger partial charge in [-0.1, -0.05) is 67.4 Å². The Morgan fingerprint density at radius 3 is 1.56 bits per heavy atom. The Morgan fingerprint density at radius 2 is 1.15 bits per heavy atom. The maximum atomic E-state index is 14.2. The zero-order chi connectivity index (χ0) is 27.7. The van der Waals surface area contributed by atoms with Crippen LogP contribution < -0.4 is 14.8 Å². The van der Waals surface area contributed by atoms with Crippen LogP contribution in [0.1, 0.15) is 49.3 Å². The Bertz CT molecular complexity index is 1360. The molecular formula is C32H34N4O3. The number of benzene rings is 3. The van der Waals surface area contributed by atoms with Gasteiger partial charge in [0.2, 0.25) is 0 Å². The molecule has 2 heterocycles. The normalized spacial score (nSPS) is 19.8. The van der Waals surface area contributed by atoms with Gasteiger partial charge in [-0.3, -0.25) is 9.59 Å². The van der Waals surface area contributed by atoms with Crippen LogP contribution in [0.5, 0.6) is 5.75 Å². The summed E-state index contributed by atoms with van der Waals surface area (Å²) >= 11 is 0. The Hall–Kier alpha value is -4.26. The van der Waals surface area contributed by atoms with Crippen LogP contribution in [0.15, 0.2) is 83.0 Å². The van der Waals surface area contributed by atoms with Crippen molar-refractivity contribution >= 4 is 34.6 Å². The minimum atomic E-state index is -0.642. The first-order valence-electron chi connectivity index (χ1n) is 13.5. The molecule has 0 aromatic heterocycles. The number of carbonyl (C=O) groups is 2. The molecule has 39 heavy (non-hydrogen) atoms. The molecular weight excluding hydrogens is 488 g/mol. The van der Waals surface area contributed by atoms with Crippen molar-refractivity contribution in [2.75, 3.05) is 17.1 Å². The summed E-state index contributed by atoms with van der Waals surface area (Å²) in [5, 5.41) is 12.6. The van der Waals surface area contributed by atoms with E-state index < -0.39 is 17.8 Å². The number of anilines is 2. The molecule has 0 fully saturated rings. The van der Waals surface area contributed by atoms with Crippen molar-refractivity contribution in [2.45, 2.75) is 46.5 Å². The van der Waals surface area contributed by atoms with E-state index in [4.69, 9.17) is 14.9 Å². The van der Waals surface area contributed by atoms with Crippen LogP contribution in [-0.2, 0) is 9.59 Å². The van der Waals surface area contributed by atoms with Crippen molar-refractivity contribution in [3.05, 3.63) is 89.5 Å². The fraction of sp³-hybridized carbons (Fsp3) is 0.312. The fourth-order valence-electron chi connectivity index (χ4n) is 5.57. The SMILES string of the molecule is CCC1=NN(c2ccc(C)cc2)C(=O)C1C(c1ccccc1OC)C1C(=O)N(c2ccc(C)cc2)N=C1CC. The van der Waals surface area contributed by atoms with E-state index in [9.17, 15) is 9.59 Å². The molecule has 7 nitrogen and oxygen atoms in total. The third-order valence-electron chi connectivity index (χ3n) is 7.62. The van der Waals surface area contributed by atoms with Gasteiger partial charge in [0.05, 0.1) is 41.7 Å². The van der Waals surface area contributed by atoms with Crippen LogP contribution in [0.4, 0.5) is 11.4 Å². The van der Waals surface area contributed by atoms with Crippen molar-refractivity contribution < 1.29 is 14.3 Å². The summed E-state index contributed by atoms with van der Waals surface area (Å²) in [4.78, 5) is 28.5. The summed E-state index contributed by atoms with van der Waals surface area (Å²) in [5.74, 6) is -1.49. The van der Waals surface area contributed by atoms with Gasteiger partial charge in [-0.15, -0.1) is 0 Å². The summed E-state index contributed by atoms with van der Waals surface area (Å²) in [5.41, 5.74) is 5.91. The second-order valence-corrected chi connectivity index (χ2v) is 10.1. The van der Waals surface area contributed by atoms with Crippen LogP contribution in [0.2, 0.25) is 0 Å². The molecule has 0 aliphatic carbocycles. The van der Waals surface area contributed by atoms with Gasteiger partial charge in [-0.2, -0.15) is 10.2 Å². The quantitative estimate of drug-likeness (QED) is 0.351. The molecule has 0 spiro atoms. The largest absolute Gasteiger partial charge is 0.496 e. The van der Waals surface area contributed by atoms with E-state index in [2.05, 4.69) is 0 Å². The zero-order valence-corrected chi connectivity index (χ0v) is 23.1. The van der Waals surface area contributed by atoms with Gasteiger partial charge in [0, 0.05) is 5.92 Å². The predicted molar refractivity (Wildman–Crippen MR) is 155 cm³/mol. The van der Waals surface area contributed by atoms with Crippen LogP contribution >= 0.6 is 0 Å². The number of amides is 2. The van der Waals surface area contributed by atoms with E-state index in [1.807, 2.05) is 100 Å². The highest BCUT2D eigenvalue weighted by atomic mass is 16.5. The lowest BCUT2D eigenvalue weighted by Gasteiger charge is -2.30. The summed E-state index contributed by atoms with van der Waals surface area (Å²) in [6.07, 6.45) is 1.15. The average Bonchev–Trinajstić information content (AvgIpc) is 3.46. The minimum absolute atomic E-state index is 0.149. The summed E-state index contributed by atoms with van der Waals surface area (Å²) in [6, 6.07) is 23.1. The van der Waals surface area contributed by atoms with Crippen LogP contribution in [-0.4, -0.2) is 30.3 Å². The van der Waals surface area contributed by atoms with E-state index in [0.29, 0.717) is 30.0 Å². The lowest BCUT2D eigenvalue weighted by Crippen LogP contribution is -2.41. The molecule has 5 rings (SSSR count). The molecule has 2 atom stereocenters. The van der Waals surface area contributed by atoms with E-state index >= 15 is 0 Å². The second-order valence-electron chi connectivity index (χ2n) is 10.1. The first-order valence-corrected chi connectivity index (χ1v) is 13.5. The van der Waals surface area contributed by atoms with Crippen molar-refractivity contribution in [3.63, 3.8) is 0 Å². The van der Waals surface area contributed by atoms with Crippen LogP contribution in [0.3, 0.4) is 0 Å². The topological polar surface area (TPSA) is 74.6 Å². The van der Waals surface area contributed by atoms with Gasteiger partial charge in [-0.25, -0.2) is 10.0 Å². The number of aryl methyl sites for hydroxylation is 2. The predicted octanol–water partition coefficient (Wildman–Crippen LogP) is 6.25. The van der Waals surface area contributed by atoms with Crippen molar-refractivity contribution in [1.82, 2.24) is 0 Å². The molecule has 0 saturated heterocycles. The van der Waals surface area contributed by atoms with Crippen molar-refractivity contribution in [1.29, 1.82) is 0 Å². The number of nitrogens with zero attached hydrogens (tertiary/aromatic N) is 4. The van der Waals surface area contributed by atoms with Gasteiger partial charge in [0.15, 0.2) is 0 Å². The van der Waals surface area contributed by atoms with Gasteiger partial charge >= 0.3 is 0 Å². The van der Waals surface area contributed by atoms with E-state index in [0.717, 1.165) is 28.1 Å². The number of methoxy groups -OCH3 is 1. The number of hydrogen-bond acceptors (Lipinski definition) is 5. The van der Waals surface area contributed by atoms with Gasteiger partial charge in [-0.05, 0) is 62.6 Å². The first kappa shape index (κ1) is 26.4. The molecule has 2 aliphatic rings. The Kier molecular flexibility index (Phi) is 7.33. The van der Waals surface area contributed by atoms with Crippen molar-refractivity contribution in [3.8, 4) is 5.75 Å². The number of hydrazone groups is 2. The number of hydrogen-bond donors (Lipinski definition) is 0.